The van der Waals surface area contributed by atoms with E-state index in [0.717, 1.165) is 22.8 Å². The lowest BCUT2D eigenvalue weighted by atomic mass is 10.3. The average Bonchev–Trinajstić information content (AvgIpc) is 2.21. The maximum atomic E-state index is 4.21. The maximum Gasteiger partial charge on any atom is 0.113 e. The molecule has 0 saturated heterocycles. The second-order valence-corrected chi connectivity index (χ2v) is 3.10. The van der Waals surface area contributed by atoms with Gasteiger partial charge >= 0.3 is 0 Å². The molecule has 2 rings (SSSR count). The molecule has 4 heteroatoms. The molecule has 2 heterocycles. The van der Waals surface area contributed by atoms with Crippen LogP contribution in [0.25, 0.3) is 11.4 Å². The number of nitrogens with zero attached hydrogens (tertiary/aromatic N) is 4. The highest BCUT2D eigenvalue weighted by Gasteiger charge is 2.00. The highest BCUT2D eigenvalue weighted by atomic mass is 15.1. The maximum absolute atomic E-state index is 4.21. The van der Waals surface area contributed by atoms with Crippen molar-refractivity contribution in [2.24, 2.45) is 0 Å². The van der Waals surface area contributed by atoms with Gasteiger partial charge in [-0.15, -0.1) is 5.10 Å². The van der Waals surface area contributed by atoms with Gasteiger partial charge in [0.15, 0.2) is 0 Å². The lowest BCUT2D eigenvalue weighted by Crippen LogP contribution is -1.93. The predicted octanol–water partition coefficient (Wildman–Crippen LogP) is 1.55. The summed E-state index contributed by atoms with van der Waals surface area (Å²) in [6.07, 6.45) is 3.42. The van der Waals surface area contributed by atoms with Crippen LogP contribution in [-0.2, 0) is 0 Å². The summed E-state index contributed by atoms with van der Waals surface area (Å²) in [7, 11) is 0. The fourth-order valence-electron chi connectivity index (χ4n) is 1.06. The topological polar surface area (TPSA) is 51.6 Å². The van der Waals surface area contributed by atoms with Gasteiger partial charge in [0.1, 0.15) is 11.4 Å². The number of hydrogen-bond acceptors (Lipinski definition) is 4. The van der Waals surface area contributed by atoms with Crippen LogP contribution in [0.3, 0.4) is 0 Å². The summed E-state index contributed by atoms with van der Waals surface area (Å²) in [6.45, 7) is 3.80. The Hall–Kier alpha value is -1.84. The van der Waals surface area contributed by atoms with Crippen LogP contribution in [0.1, 0.15) is 11.4 Å². The third-order valence-corrected chi connectivity index (χ3v) is 1.84. The Morgan fingerprint density at radius 1 is 0.786 bits per heavy atom. The zero-order valence-corrected chi connectivity index (χ0v) is 8.10. The van der Waals surface area contributed by atoms with E-state index in [4.69, 9.17) is 0 Å². The van der Waals surface area contributed by atoms with Gasteiger partial charge < -0.3 is 0 Å². The first-order valence-electron chi connectivity index (χ1n) is 4.35. The molecule has 0 aliphatic carbocycles. The number of rotatable bonds is 1. The number of aryl methyl sites for hydroxylation is 2. The summed E-state index contributed by atoms with van der Waals surface area (Å²) in [5, 5.41) is 7.99. The van der Waals surface area contributed by atoms with Crippen molar-refractivity contribution in [1.82, 2.24) is 20.2 Å². The van der Waals surface area contributed by atoms with E-state index in [1.165, 1.54) is 0 Å². The van der Waals surface area contributed by atoms with Crippen molar-refractivity contribution >= 4 is 0 Å². The van der Waals surface area contributed by atoms with Crippen molar-refractivity contribution in [3.63, 3.8) is 0 Å². The molecule has 0 unspecified atom stereocenters. The Morgan fingerprint density at radius 3 is 2.21 bits per heavy atom. The molecular formula is C10H10N4. The Morgan fingerprint density at radius 2 is 1.64 bits per heavy atom. The van der Waals surface area contributed by atoms with Gasteiger partial charge in [-0.2, -0.15) is 5.10 Å². The first-order valence-corrected chi connectivity index (χ1v) is 4.35. The van der Waals surface area contributed by atoms with Gasteiger partial charge in [-0.1, -0.05) is 0 Å². The van der Waals surface area contributed by atoms with Crippen LogP contribution >= 0.6 is 0 Å². The lowest BCUT2D eigenvalue weighted by molar-refractivity contribution is 0.975. The summed E-state index contributed by atoms with van der Waals surface area (Å²) in [5.74, 6) is 0. The zero-order chi connectivity index (χ0) is 9.97. The van der Waals surface area contributed by atoms with Gasteiger partial charge in [0, 0.05) is 6.20 Å². The minimum Gasteiger partial charge on any atom is -0.258 e. The van der Waals surface area contributed by atoms with Gasteiger partial charge in [0.25, 0.3) is 0 Å². The van der Waals surface area contributed by atoms with Crippen LogP contribution in [0, 0.1) is 13.8 Å². The van der Waals surface area contributed by atoms with Gasteiger partial charge in [0.05, 0.1) is 17.6 Å². The first-order chi connectivity index (χ1) is 6.75. The third kappa shape index (κ3) is 1.74. The highest BCUT2D eigenvalue weighted by Crippen LogP contribution is 2.11. The summed E-state index contributed by atoms with van der Waals surface area (Å²) in [4.78, 5) is 8.36. The molecule has 2 aromatic heterocycles. The van der Waals surface area contributed by atoms with E-state index in [9.17, 15) is 0 Å². The normalized spacial score (nSPS) is 10.1. The molecule has 0 atom stereocenters. The molecule has 70 valence electrons. The smallest absolute Gasteiger partial charge is 0.113 e. The molecule has 2 aromatic rings. The van der Waals surface area contributed by atoms with E-state index < -0.39 is 0 Å². The molecule has 0 fully saturated rings. The van der Waals surface area contributed by atoms with Crippen molar-refractivity contribution in [2.75, 3.05) is 0 Å². The quantitative estimate of drug-likeness (QED) is 0.678. The molecule has 0 amide bonds. The Labute approximate surface area is 82.1 Å². The molecule has 0 spiro atoms. The van der Waals surface area contributed by atoms with Crippen molar-refractivity contribution < 1.29 is 0 Å². The van der Waals surface area contributed by atoms with E-state index >= 15 is 0 Å². The number of hydrogen-bond donors (Lipinski definition) is 0. The van der Waals surface area contributed by atoms with E-state index in [2.05, 4.69) is 20.2 Å². The Bertz CT molecular complexity index is 375. The molecule has 0 aliphatic heterocycles. The van der Waals surface area contributed by atoms with E-state index in [-0.39, 0.29) is 0 Å². The summed E-state index contributed by atoms with van der Waals surface area (Å²) < 4.78 is 0. The van der Waals surface area contributed by atoms with Crippen LogP contribution in [0.5, 0.6) is 0 Å². The van der Waals surface area contributed by atoms with Gasteiger partial charge in [-0.3, -0.25) is 9.97 Å². The lowest BCUT2D eigenvalue weighted by Gasteiger charge is -1.98. The molecule has 0 aromatic carbocycles. The van der Waals surface area contributed by atoms with Crippen molar-refractivity contribution in [1.29, 1.82) is 0 Å². The molecule has 0 N–H and O–H groups in total. The average molecular weight is 186 g/mol. The molecule has 4 nitrogen and oxygen atoms in total. The fourth-order valence-corrected chi connectivity index (χ4v) is 1.06. The molecule has 0 bridgehead atoms. The molecular weight excluding hydrogens is 176 g/mol. The zero-order valence-electron chi connectivity index (χ0n) is 8.10. The first kappa shape index (κ1) is 8.74. The van der Waals surface area contributed by atoms with Crippen LogP contribution in [0.2, 0.25) is 0 Å². The van der Waals surface area contributed by atoms with Crippen LogP contribution in [0.15, 0.2) is 24.5 Å². The largest absolute Gasteiger partial charge is 0.258 e. The minimum atomic E-state index is 0.753. The minimum absolute atomic E-state index is 0.753. The van der Waals surface area contributed by atoms with E-state index in [1.807, 2.05) is 26.0 Å². The van der Waals surface area contributed by atoms with Crippen molar-refractivity contribution in [3.8, 4) is 11.4 Å². The SMILES string of the molecule is Cc1cnc(-c2ccc(C)nn2)cn1. The summed E-state index contributed by atoms with van der Waals surface area (Å²) in [6, 6.07) is 3.80. The predicted molar refractivity (Wildman–Crippen MR) is 52.5 cm³/mol. The van der Waals surface area contributed by atoms with Gasteiger partial charge in [-0.25, -0.2) is 0 Å². The van der Waals surface area contributed by atoms with Crippen molar-refractivity contribution in [3.05, 3.63) is 35.9 Å². The van der Waals surface area contributed by atoms with E-state index in [0.29, 0.717) is 0 Å². The molecule has 14 heavy (non-hydrogen) atoms. The second-order valence-electron chi connectivity index (χ2n) is 3.10. The second kappa shape index (κ2) is 3.49. The van der Waals surface area contributed by atoms with E-state index in [1.54, 1.807) is 12.4 Å². The summed E-state index contributed by atoms with van der Waals surface area (Å²) in [5.41, 5.74) is 3.30. The van der Waals surface area contributed by atoms with Gasteiger partial charge in [-0.05, 0) is 26.0 Å². The monoisotopic (exact) mass is 186 g/mol. The third-order valence-electron chi connectivity index (χ3n) is 1.84. The van der Waals surface area contributed by atoms with Gasteiger partial charge in [0.2, 0.25) is 0 Å². The fraction of sp³-hybridized carbons (Fsp3) is 0.200. The van der Waals surface area contributed by atoms with Crippen LogP contribution in [0.4, 0.5) is 0 Å². The standard InChI is InChI=1S/C10H10N4/c1-7-3-4-9(14-13-7)10-6-11-8(2)5-12-10/h3-6H,1-2H3. The molecule has 0 aliphatic rings. The molecule has 0 saturated carbocycles. The van der Waals surface area contributed by atoms with Crippen LogP contribution < -0.4 is 0 Å². The van der Waals surface area contributed by atoms with Crippen molar-refractivity contribution in [2.45, 2.75) is 13.8 Å². The van der Waals surface area contributed by atoms with Crippen LogP contribution in [-0.4, -0.2) is 20.2 Å². The highest BCUT2D eigenvalue weighted by molar-refractivity contribution is 5.51. The Kier molecular flexibility index (Phi) is 2.18. The summed E-state index contributed by atoms with van der Waals surface area (Å²) >= 11 is 0. The molecule has 0 radical (unpaired) electrons. The Balaban J connectivity index is 2.40. The number of aromatic nitrogens is 4.